The molecule has 1 saturated heterocycles. The number of anilines is 2. The first-order valence-corrected chi connectivity index (χ1v) is 13.8. The van der Waals surface area contributed by atoms with Gasteiger partial charge in [-0.2, -0.15) is 0 Å². The third-order valence-corrected chi connectivity index (χ3v) is 8.62. The maximum absolute atomic E-state index is 13.0. The maximum atomic E-state index is 13.0. The molecule has 6 nitrogen and oxygen atoms in total. The van der Waals surface area contributed by atoms with Crippen molar-refractivity contribution in [1.29, 1.82) is 0 Å². The summed E-state index contributed by atoms with van der Waals surface area (Å²) in [5.74, 6) is 0. The molecular weight excluding hydrogens is 490 g/mol. The molecule has 4 aromatic rings. The quantitative estimate of drug-likeness (QED) is 0.366. The highest BCUT2D eigenvalue weighted by molar-refractivity contribution is 7.92. The van der Waals surface area contributed by atoms with Crippen molar-refractivity contribution in [2.24, 2.45) is 0 Å². The van der Waals surface area contributed by atoms with Crippen LogP contribution >= 0.6 is 22.9 Å². The van der Waals surface area contributed by atoms with Crippen LogP contribution in [-0.2, 0) is 16.6 Å². The smallest absolute Gasteiger partial charge is 0.308 e. The molecule has 5 rings (SSSR count). The number of nitrogens with one attached hydrogen (secondary N) is 1. The first-order chi connectivity index (χ1) is 16.4. The Kier molecular flexibility index (Phi) is 6.38. The number of thiazole rings is 1. The average Bonchev–Trinajstić information content (AvgIpc) is 3.15. The Labute approximate surface area is 207 Å². The van der Waals surface area contributed by atoms with E-state index in [0.717, 1.165) is 35.7 Å². The zero-order valence-electron chi connectivity index (χ0n) is 18.4. The Morgan fingerprint density at radius 1 is 0.912 bits per heavy atom. The standard InChI is InChI=1S/C25H24ClN3O3S2/c26-19-6-4-18(5-7-19)17-29-23-13-12-22(16-24(23)33-25(29)30)34(31,32)27-20-8-10-21(11-9-20)28-14-2-1-3-15-28/h4-13,16,27H,1-3,14-15,17H2. The summed E-state index contributed by atoms with van der Waals surface area (Å²) in [5.41, 5.74) is 3.26. The summed E-state index contributed by atoms with van der Waals surface area (Å²) in [6.07, 6.45) is 3.63. The largest absolute Gasteiger partial charge is 0.372 e. The van der Waals surface area contributed by atoms with Gasteiger partial charge in [-0.25, -0.2) is 8.42 Å². The van der Waals surface area contributed by atoms with Gasteiger partial charge in [-0.1, -0.05) is 35.1 Å². The summed E-state index contributed by atoms with van der Waals surface area (Å²) < 4.78 is 31.0. The van der Waals surface area contributed by atoms with E-state index >= 15 is 0 Å². The first kappa shape index (κ1) is 23.0. The van der Waals surface area contributed by atoms with Gasteiger partial charge < -0.3 is 4.90 Å². The normalized spacial score (nSPS) is 14.4. The van der Waals surface area contributed by atoms with Gasteiger partial charge in [0.05, 0.1) is 21.7 Å². The van der Waals surface area contributed by atoms with E-state index in [0.29, 0.717) is 27.5 Å². The van der Waals surface area contributed by atoms with E-state index in [9.17, 15) is 13.2 Å². The van der Waals surface area contributed by atoms with Crippen LogP contribution in [0.4, 0.5) is 11.4 Å². The lowest BCUT2D eigenvalue weighted by Gasteiger charge is -2.28. The topological polar surface area (TPSA) is 71.4 Å². The van der Waals surface area contributed by atoms with E-state index in [1.165, 1.54) is 25.3 Å². The van der Waals surface area contributed by atoms with Crippen molar-refractivity contribution in [2.45, 2.75) is 30.7 Å². The molecule has 176 valence electrons. The van der Waals surface area contributed by atoms with Crippen LogP contribution in [0.25, 0.3) is 10.2 Å². The van der Waals surface area contributed by atoms with Gasteiger partial charge in [-0.05, 0) is 79.4 Å². The summed E-state index contributed by atoms with van der Waals surface area (Å²) in [5, 5.41) is 0.634. The zero-order chi connectivity index (χ0) is 23.7. The summed E-state index contributed by atoms with van der Waals surface area (Å²) in [6, 6.07) is 19.6. The highest BCUT2D eigenvalue weighted by atomic mass is 35.5. The predicted octanol–water partition coefficient (Wildman–Crippen LogP) is 5.56. The highest BCUT2D eigenvalue weighted by Crippen LogP contribution is 2.26. The van der Waals surface area contributed by atoms with Crippen LogP contribution in [0.1, 0.15) is 24.8 Å². The summed E-state index contributed by atoms with van der Waals surface area (Å²) in [4.78, 5) is 14.9. The maximum Gasteiger partial charge on any atom is 0.308 e. The number of fused-ring (bicyclic) bond motifs is 1. The Hall–Kier alpha value is -2.81. The van der Waals surface area contributed by atoms with Gasteiger partial charge >= 0.3 is 4.87 Å². The minimum atomic E-state index is -3.79. The second-order valence-electron chi connectivity index (χ2n) is 8.41. The third-order valence-electron chi connectivity index (χ3n) is 6.04. The number of nitrogens with zero attached hydrogens (tertiary/aromatic N) is 2. The molecule has 1 aliphatic rings. The molecule has 0 unspecified atom stereocenters. The molecule has 9 heteroatoms. The summed E-state index contributed by atoms with van der Waals surface area (Å²) in [6.45, 7) is 2.46. The average molecular weight is 514 g/mol. The molecule has 1 aliphatic heterocycles. The molecule has 1 aromatic heterocycles. The van der Waals surface area contributed by atoms with Gasteiger partial charge in [0.1, 0.15) is 0 Å². The van der Waals surface area contributed by atoms with Crippen LogP contribution in [0.5, 0.6) is 0 Å². The highest BCUT2D eigenvalue weighted by Gasteiger charge is 2.18. The fourth-order valence-electron chi connectivity index (χ4n) is 4.24. The van der Waals surface area contributed by atoms with Crippen LogP contribution in [-0.4, -0.2) is 26.1 Å². The van der Waals surface area contributed by atoms with Gasteiger partial charge in [0.25, 0.3) is 10.0 Å². The number of sulfonamides is 1. The lowest BCUT2D eigenvalue weighted by Crippen LogP contribution is -2.29. The minimum Gasteiger partial charge on any atom is -0.372 e. The minimum absolute atomic E-state index is 0.125. The number of benzene rings is 3. The monoisotopic (exact) mass is 513 g/mol. The van der Waals surface area contributed by atoms with Gasteiger partial charge in [0.2, 0.25) is 0 Å². The number of hydrogen-bond donors (Lipinski definition) is 1. The molecule has 34 heavy (non-hydrogen) atoms. The van der Waals surface area contributed by atoms with Crippen molar-refractivity contribution in [3.05, 3.63) is 87.0 Å². The molecule has 2 heterocycles. The van der Waals surface area contributed by atoms with Crippen molar-refractivity contribution in [3.63, 3.8) is 0 Å². The number of hydrogen-bond acceptors (Lipinski definition) is 5. The predicted molar refractivity (Wildman–Crippen MR) is 140 cm³/mol. The fourth-order valence-corrected chi connectivity index (χ4v) is 6.46. The molecule has 0 radical (unpaired) electrons. The Bertz CT molecular complexity index is 1470. The zero-order valence-corrected chi connectivity index (χ0v) is 20.8. The van der Waals surface area contributed by atoms with E-state index in [2.05, 4.69) is 9.62 Å². The van der Waals surface area contributed by atoms with E-state index in [1.54, 1.807) is 41.0 Å². The van der Waals surface area contributed by atoms with Crippen molar-refractivity contribution in [1.82, 2.24) is 4.57 Å². The van der Waals surface area contributed by atoms with Crippen molar-refractivity contribution >= 4 is 54.6 Å². The van der Waals surface area contributed by atoms with Crippen molar-refractivity contribution in [2.75, 3.05) is 22.7 Å². The number of piperidine rings is 1. The lowest BCUT2D eigenvalue weighted by atomic mass is 10.1. The van der Waals surface area contributed by atoms with Gasteiger partial charge in [0.15, 0.2) is 0 Å². The van der Waals surface area contributed by atoms with Crippen LogP contribution in [0, 0.1) is 0 Å². The Balaban J connectivity index is 1.36. The van der Waals surface area contributed by atoms with Gasteiger partial charge in [-0.3, -0.25) is 14.1 Å². The van der Waals surface area contributed by atoms with Crippen LogP contribution < -0.4 is 14.5 Å². The second kappa shape index (κ2) is 9.44. The van der Waals surface area contributed by atoms with E-state index in [-0.39, 0.29) is 9.77 Å². The molecule has 0 spiro atoms. The Morgan fingerprint density at radius 2 is 1.62 bits per heavy atom. The molecule has 1 fully saturated rings. The van der Waals surface area contributed by atoms with Gasteiger partial charge in [0, 0.05) is 29.5 Å². The number of rotatable bonds is 6. The molecule has 1 N–H and O–H groups in total. The van der Waals surface area contributed by atoms with Crippen LogP contribution in [0.15, 0.2) is 76.4 Å². The molecule has 0 amide bonds. The van der Waals surface area contributed by atoms with Crippen molar-refractivity contribution in [3.8, 4) is 0 Å². The molecular formula is C25H24ClN3O3S2. The second-order valence-corrected chi connectivity index (χ2v) is 11.5. The first-order valence-electron chi connectivity index (χ1n) is 11.1. The van der Waals surface area contributed by atoms with Crippen LogP contribution in [0.3, 0.4) is 0 Å². The molecule has 3 aromatic carbocycles. The summed E-state index contributed by atoms with van der Waals surface area (Å²) in [7, 11) is -3.79. The molecule has 0 aliphatic carbocycles. The summed E-state index contributed by atoms with van der Waals surface area (Å²) >= 11 is 6.99. The molecule has 0 bridgehead atoms. The van der Waals surface area contributed by atoms with Crippen molar-refractivity contribution < 1.29 is 8.42 Å². The SMILES string of the molecule is O=c1sc2cc(S(=O)(=O)Nc3ccc(N4CCCCC4)cc3)ccc2n1Cc1ccc(Cl)cc1. The van der Waals surface area contributed by atoms with E-state index in [1.807, 2.05) is 24.3 Å². The molecule has 0 saturated carbocycles. The van der Waals surface area contributed by atoms with Gasteiger partial charge in [-0.15, -0.1) is 0 Å². The van der Waals surface area contributed by atoms with Crippen LogP contribution in [0.2, 0.25) is 5.02 Å². The number of halogens is 1. The van der Waals surface area contributed by atoms with E-state index < -0.39 is 10.0 Å². The molecule has 0 atom stereocenters. The van der Waals surface area contributed by atoms with E-state index in [4.69, 9.17) is 11.6 Å². The Morgan fingerprint density at radius 3 is 2.32 bits per heavy atom. The number of aromatic nitrogens is 1. The third kappa shape index (κ3) is 4.85. The lowest BCUT2D eigenvalue weighted by molar-refractivity contribution is 0.578. The fraction of sp³-hybridized carbons (Fsp3) is 0.240.